The Bertz CT molecular complexity index is 950. The molecule has 1 saturated carbocycles. The van der Waals surface area contributed by atoms with Crippen molar-refractivity contribution in [3.8, 4) is 5.75 Å². The smallest absolute Gasteiger partial charge is 0.263 e. The fourth-order valence-electron chi connectivity index (χ4n) is 3.31. The molecule has 1 fully saturated rings. The van der Waals surface area contributed by atoms with Crippen molar-refractivity contribution in [1.29, 1.82) is 0 Å². The van der Waals surface area contributed by atoms with Gasteiger partial charge in [-0.05, 0) is 42.0 Å². The second kappa shape index (κ2) is 9.05. The molecule has 3 N–H and O–H groups in total. The van der Waals surface area contributed by atoms with Gasteiger partial charge in [-0.15, -0.1) is 0 Å². The van der Waals surface area contributed by atoms with Crippen molar-refractivity contribution in [2.75, 3.05) is 20.2 Å². The third-order valence-corrected chi connectivity index (χ3v) is 5.27. The topological polar surface area (TPSA) is 103 Å². The number of benzene rings is 1. The zero-order valence-corrected chi connectivity index (χ0v) is 16.8. The largest absolute Gasteiger partial charge is 0.492 e. The Labute approximate surface area is 169 Å². The van der Waals surface area contributed by atoms with Crippen LogP contribution in [-0.2, 0) is 6.54 Å². The van der Waals surface area contributed by atoms with Crippen LogP contribution < -0.4 is 21.3 Å². The lowest BCUT2D eigenvalue weighted by Gasteiger charge is -2.12. The number of ketones is 1. The fourth-order valence-corrected chi connectivity index (χ4v) is 3.31. The molecule has 154 valence electrons. The summed E-state index contributed by atoms with van der Waals surface area (Å²) in [6.07, 6.45) is 3.05. The number of nitrogens with two attached hydrogens (primary N) is 1. The summed E-state index contributed by atoms with van der Waals surface area (Å²) in [6.45, 7) is 3.23. The van der Waals surface area contributed by atoms with Crippen LogP contribution in [0.3, 0.4) is 0 Å². The average Bonchev–Trinajstić information content (AvgIpc) is 3.42. The van der Waals surface area contributed by atoms with Gasteiger partial charge in [0.15, 0.2) is 5.78 Å². The van der Waals surface area contributed by atoms with Crippen molar-refractivity contribution in [2.45, 2.75) is 26.3 Å². The molecule has 0 bridgehead atoms. The highest BCUT2D eigenvalue weighted by atomic mass is 16.5. The first kappa shape index (κ1) is 20.8. The lowest BCUT2D eigenvalue weighted by molar-refractivity contribution is 0.0961. The number of nitrogens with one attached hydrogen (secondary N) is 1. The predicted octanol–water partition coefficient (Wildman–Crippen LogP) is 1.82. The van der Waals surface area contributed by atoms with Gasteiger partial charge in [0.2, 0.25) is 0 Å². The first-order valence-corrected chi connectivity index (χ1v) is 9.84. The minimum Gasteiger partial charge on any atom is -0.492 e. The van der Waals surface area contributed by atoms with Crippen LogP contribution in [0.4, 0.5) is 0 Å². The number of amides is 1. The third-order valence-electron chi connectivity index (χ3n) is 5.27. The summed E-state index contributed by atoms with van der Waals surface area (Å²) in [5.41, 5.74) is 6.23. The van der Waals surface area contributed by atoms with E-state index in [0.29, 0.717) is 42.7 Å². The van der Waals surface area contributed by atoms with E-state index in [9.17, 15) is 14.4 Å². The van der Waals surface area contributed by atoms with Crippen LogP contribution >= 0.6 is 0 Å². The number of Topliss-reactive ketones (excluding diaryl/α,β-unsaturated/α-hetero) is 1. The first-order valence-electron chi connectivity index (χ1n) is 9.84. The third kappa shape index (κ3) is 5.12. The lowest BCUT2D eigenvalue weighted by atomic mass is 10.0. The second-order valence-corrected chi connectivity index (χ2v) is 7.54. The Morgan fingerprint density at radius 1 is 1.28 bits per heavy atom. The van der Waals surface area contributed by atoms with Gasteiger partial charge in [-0.25, -0.2) is 0 Å². The summed E-state index contributed by atoms with van der Waals surface area (Å²) < 4.78 is 6.88. The molecule has 7 nitrogen and oxygen atoms in total. The van der Waals surface area contributed by atoms with Gasteiger partial charge in [0.25, 0.3) is 11.5 Å². The molecule has 1 aliphatic carbocycles. The zero-order chi connectivity index (χ0) is 21.0. The van der Waals surface area contributed by atoms with Gasteiger partial charge in [0.05, 0.1) is 6.54 Å². The van der Waals surface area contributed by atoms with Gasteiger partial charge in [0, 0.05) is 31.8 Å². The summed E-state index contributed by atoms with van der Waals surface area (Å²) in [6, 6.07) is 8.71. The molecular weight excluding hydrogens is 370 g/mol. The molecule has 3 rings (SSSR count). The lowest BCUT2D eigenvalue weighted by Crippen LogP contribution is -2.32. The predicted molar refractivity (Wildman–Crippen MR) is 110 cm³/mol. The number of pyridine rings is 1. The summed E-state index contributed by atoms with van der Waals surface area (Å²) in [7, 11) is 1.46. The Kier molecular flexibility index (Phi) is 6.49. The number of aromatic nitrogens is 1. The molecule has 1 heterocycles. The number of nitrogens with zero attached hydrogens (tertiary/aromatic N) is 1. The molecule has 1 amide bonds. The van der Waals surface area contributed by atoms with E-state index >= 15 is 0 Å². The normalized spacial score (nSPS) is 17.6. The van der Waals surface area contributed by atoms with E-state index in [1.807, 2.05) is 12.1 Å². The van der Waals surface area contributed by atoms with Crippen LogP contribution in [0.2, 0.25) is 0 Å². The molecule has 1 aromatic heterocycles. The zero-order valence-electron chi connectivity index (χ0n) is 16.8. The van der Waals surface area contributed by atoms with Gasteiger partial charge in [-0.2, -0.15) is 0 Å². The number of carbonyl (C=O) groups is 2. The fraction of sp³-hybridized carbons (Fsp3) is 0.409. The van der Waals surface area contributed by atoms with E-state index in [0.717, 1.165) is 12.0 Å². The molecule has 1 aliphatic rings. The molecule has 29 heavy (non-hydrogen) atoms. The Morgan fingerprint density at radius 3 is 2.55 bits per heavy atom. The number of carbonyl (C=O) groups excluding carboxylic acids is 2. The minimum absolute atomic E-state index is 0.0231. The highest BCUT2D eigenvalue weighted by Gasteiger charge is 2.34. The minimum atomic E-state index is -0.497. The van der Waals surface area contributed by atoms with Crippen LogP contribution in [0.15, 0.2) is 41.3 Å². The molecule has 2 aromatic rings. The van der Waals surface area contributed by atoms with E-state index in [4.69, 9.17) is 10.5 Å². The Morgan fingerprint density at radius 2 is 1.97 bits per heavy atom. The van der Waals surface area contributed by atoms with Crippen LogP contribution in [0, 0.1) is 11.8 Å². The van der Waals surface area contributed by atoms with Gasteiger partial charge in [0.1, 0.15) is 17.9 Å². The summed E-state index contributed by atoms with van der Waals surface area (Å²) in [5, 5.41) is 2.48. The maximum atomic E-state index is 12.8. The molecule has 0 saturated heterocycles. The summed E-state index contributed by atoms with van der Waals surface area (Å²) >= 11 is 0. The van der Waals surface area contributed by atoms with Crippen molar-refractivity contribution in [2.24, 2.45) is 17.6 Å². The highest BCUT2D eigenvalue weighted by molar-refractivity contribution is 6.00. The van der Waals surface area contributed by atoms with Crippen molar-refractivity contribution in [3.63, 3.8) is 0 Å². The van der Waals surface area contributed by atoms with Crippen LogP contribution in [0.5, 0.6) is 5.75 Å². The van der Waals surface area contributed by atoms with Crippen LogP contribution in [0.1, 0.15) is 46.0 Å². The molecule has 2 atom stereocenters. The highest BCUT2D eigenvalue weighted by Crippen LogP contribution is 2.41. The van der Waals surface area contributed by atoms with E-state index < -0.39 is 11.5 Å². The quantitative estimate of drug-likeness (QED) is 0.628. The molecule has 0 unspecified atom stereocenters. The van der Waals surface area contributed by atoms with Crippen molar-refractivity contribution >= 4 is 11.7 Å². The molecule has 1 aromatic carbocycles. The molecular formula is C22H27N3O4. The maximum Gasteiger partial charge on any atom is 0.263 e. The maximum absolute atomic E-state index is 12.8. The Balaban J connectivity index is 1.87. The molecule has 0 spiro atoms. The SMILES string of the molecule is CNC(=O)c1cc(C(=O)C[C@H]2C[C@@H]2C)cn(Cc2ccc(OCCN)cc2)c1=O. The average molecular weight is 397 g/mol. The van der Waals surface area contributed by atoms with Crippen molar-refractivity contribution in [1.82, 2.24) is 9.88 Å². The van der Waals surface area contributed by atoms with E-state index in [2.05, 4.69) is 12.2 Å². The van der Waals surface area contributed by atoms with Crippen molar-refractivity contribution in [3.05, 3.63) is 63.6 Å². The first-order chi connectivity index (χ1) is 13.9. The number of ether oxygens (including phenoxy) is 1. The van der Waals surface area contributed by atoms with Crippen LogP contribution in [0.25, 0.3) is 0 Å². The van der Waals surface area contributed by atoms with Gasteiger partial charge >= 0.3 is 0 Å². The number of hydrogen-bond donors (Lipinski definition) is 2. The molecule has 0 aliphatic heterocycles. The molecule has 0 radical (unpaired) electrons. The van der Waals surface area contributed by atoms with Gasteiger partial charge < -0.3 is 20.4 Å². The summed E-state index contributed by atoms with van der Waals surface area (Å²) in [4.78, 5) is 37.7. The monoisotopic (exact) mass is 397 g/mol. The molecule has 7 heteroatoms. The van der Waals surface area contributed by atoms with E-state index in [-0.39, 0.29) is 17.9 Å². The standard InChI is InChI=1S/C22H27N3O4/c1-14-9-16(14)11-20(26)17-10-19(21(27)24-2)22(28)25(13-17)12-15-3-5-18(6-4-15)29-8-7-23/h3-6,10,13-14,16H,7-9,11-12,23H2,1-2H3,(H,24,27)/t14-,16+/m0/s1. The van der Waals surface area contributed by atoms with Crippen molar-refractivity contribution < 1.29 is 14.3 Å². The van der Waals surface area contributed by atoms with Crippen LogP contribution in [-0.4, -0.2) is 36.5 Å². The van der Waals surface area contributed by atoms with E-state index in [1.165, 1.54) is 17.7 Å². The number of hydrogen-bond acceptors (Lipinski definition) is 5. The second-order valence-electron chi connectivity index (χ2n) is 7.54. The Hall–Kier alpha value is -2.93. The van der Waals surface area contributed by atoms with E-state index in [1.54, 1.807) is 18.3 Å². The summed E-state index contributed by atoms with van der Waals surface area (Å²) in [5.74, 6) is 1.11. The number of rotatable bonds is 9. The van der Waals surface area contributed by atoms with Gasteiger partial charge in [-0.1, -0.05) is 19.1 Å². The van der Waals surface area contributed by atoms with Gasteiger partial charge in [-0.3, -0.25) is 14.4 Å².